The maximum atomic E-state index is 12.7. The topological polar surface area (TPSA) is 63.7 Å². The number of methoxy groups -OCH3 is 1. The summed E-state index contributed by atoms with van der Waals surface area (Å²) in [5, 5.41) is 4.40. The van der Waals surface area contributed by atoms with Crippen LogP contribution in [-0.2, 0) is 27.1 Å². The molecule has 2 heterocycles. The highest BCUT2D eigenvalue weighted by Crippen LogP contribution is 2.34. The minimum atomic E-state index is 0.0716. The highest BCUT2D eigenvalue weighted by molar-refractivity contribution is 7.15. The number of hydrogen-bond acceptors (Lipinski definition) is 6. The lowest BCUT2D eigenvalue weighted by molar-refractivity contribution is -0.126. The van der Waals surface area contributed by atoms with E-state index in [1.807, 2.05) is 11.3 Å². The molecule has 1 amide bonds. The van der Waals surface area contributed by atoms with Crippen molar-refractivity contribution in [1.82, 2.24) is 10.3 Å². The van der Waals surface area contributed by atoms with Gasteiger partial charge in [0.05, 0.1) is 25.0 Å². The molecule has 1 aromatic heterocycles. The van der Waals surface area contributed by atoms with Crippen molar-refractivity contribution < 1.29 is 14.3 Å². The number of nitrogens with one attached hydrogen (secondary N) is 1. The Labute approximate surface area is 159 Å². The average molecular weight is 380 g/mol. The number of carbonyl (C=O) groups is 1. The molecule has 0 spiro atoms. The molecule has 0 aromatic carbocycles. The van der Waals surface area contributed by atoms with Crippen molar-refractivity contribution in [2.24, 2.45) is 5.92 Å². The number of amides is 1. The number of aryl methyl sites for hydroxylation is 1. The lowest BCUT2D eigenvalue weighted by Gasteiger charge is -2.30. The van der Waals surface area contributed by atoms with E-state index >= 15 is 0 Å². The first-order valence-corrected chi connectivity index (χ1v) is 10.7. The van der Waals surface area contributed by atoms with Crippen molar-refractivity contribution in [3.63, 3.8) is 0 Å². The first-order valence-electron chi connectivity index (χ1n) is 9.87. The van der Waals surface area contributed by atoms with E-state index < -0.39 is 0 Å². The van der Waals surface area contributed by atoms with Crippen LogP contribution in [-0.4, -0.2) is 56.5 Å². The van der Waals surface area contributed by atoms with Crippen LogP contribution in [0.1, 0.15) is 42.7 Å². The predicted molar refractivity (Wildman–Crippen MR) is 102 cm³/mol. The largest absolute Gasteiger partial charge is 0.381 e. The Balaban J connectivity index is 1.33. The van der Waals surface area contributed by atoms with Gasteiger partial charge in [-0.1, -0.05) is 0 Å². The summed E-state index contributed by atoms with van der Waals surface area (Å²) in [5.41, 5.74) is 1.14. The molecule has 144 valence electrons. The van der Waals surface area contributed by atoms with E-state index in [1.54, 1.807) is 7.11 Å². The molecule has 6 nitrogen and oxygen atoms in total. The predicted octanol–water partition coefficient (Wildman–Crippen LogP) is 2.16. The number of thiazole rings is 1. The lowest BCUT2D eigenvalue weighted by atomic mass is 9.88. The molecule has 1 N–H and O–H groups in total. The average Bonchev–Trinajstić information content (AvgIpc) is 3.12. The molecule has 26 heavy (non-hydrogen) atoms. The van der Waals surface area contributed by atoms with Crippen LogP contribution in [0, 0.1) is 5.92 Å². The van der Waals surface area contributed by atoms with Crippen molar-refractivity contribution in [2.45, 2.75) is 57.1 Å². The normalized spacial score (nSPS) is 29.3. The fraction of sp³-hybridized carbons (Fsp3) is 0.789. The number of rotatable bonds is 4. The first-order chi connectivity index (χ1) is 12.7. The lowest BCUT2D eigenvalue weighted by Crippen LogP contribution is -2.43. The molecular formula is C19H29N3O3S. The Morgan fingerprint density at radius 2 is 2.00 bits per heavy atom. The van der Waals surface area contributed by atoms with Crippen molar-refractivity contribution in [2.75, 3.05) is 38.3 Å². The monoisotopic (exact) mass is 379 g/mol. The number of ether oxygens (including phenoxy) is 2. The van der Waals surface area contributed by atoms with Gasteiger partial charge in [-0.2, -0.15) is 0 Å². The van der Waals surface area contributed by atoms with Crippen molar-refractivity contribution >= 4 is 22.4 Å². The van der Waals surface area contributed by atoms with Gasteiger partial charge in [0.1, 0.15) is 0 Å². The van der Waals surface area contributed by atoms with Gasteiger partial charge in [0, 0.05) is 43.5 Å². The maximum absolute atomic E-state index is 12.7. The molecule has 1 aliphatic heterocycles. The highest BCUT2D eigenvalue weighted by Gasteiger charge is 2.31. The summed E-state index contributed by atoms with van der Waals surface area (Å²) in [6.45, 7) is 3.39. The minimum Gasteiger partial charge on any atom is -0.381 e. The quantitative estimate of drug-likeness (QED) is 0.869. The summed E-state index contributed by atoms with van der Waals surface area (Å²) in [4.78, 5) is 21.3. The van der Waals surface area contributed by atoms with Crippen LogP contribution in [0.4, 0.5) is 5.13 Å². The van der Waals surface area contributed by atoms with Crippen molar-refractivity contribution in [3.8, 4) is 0 Å². The first kappa shape index (κ1) is 18.2. The van der Waals surface area contributed by atoms with Gasteiger partial charge in [0.2, 0.25) is 5.91 Å². The Morgan fingerprint density at radius 1 is 1.23 bits per heavy atom. The van der Waals surface area contributed by atoms with Gasteiger partial charge in [-0.05, 0) is 38.5 Å². The number of morpholine rings is 1. The second kappa shape index (κ2) is 8.23. The van der Waals surface area contributed by atoms with Crippen molar-refractivity contribution in [1.29, 1.82) is 0 Å². The third kappa shape index (κ3) is 4.05. The summed E-state index contributed by atoms with van der Waals surface area (Å²) >= 11 is 1.81. The molecule has 1 saturated carbocycles. The van der Waals surface area contributed by atoms with Gasteiger partial charge in [0.25, 0.3) is 0 Å². The smallest absolute Gasteiger partial charge is 0.223 e. The number of fused-ring (bicyclic) bond motifs is 1. The zero-order valence-corrected chi connectivity index (χ0v) is 16.4. The van der Waals surface area contributed by atoms with Crippen LogP contribution in [0.5, 0.6) is 0 Å². The summed E-state index contributed by atoms with van der Waals surface area (Å²) in [5.74, 6) is 0.291. The number of nitrogens with zero attached hydrogens (tertiary/aromatic N) is 2. The molecule has 0 bridgehead atoms. The SMILES string of the molecule is COC1CCC(NC(=O)C2CCc3sc(N4CCOCC4)nc3C2)CC1. The summed E-state index contributed by atoms with van der Waals surface area (Å²) in [6.07, 6.45) is 7.23. The van der Waals surface area contributed by atoms with Gasteiger partial charge in [-0.3, -0.25) is 4.79 Å². The van der Waals surface area contributed by atoms with Crippen LogP contribution in [0.2, 0.25) is 0 Å². The Hall–Kier alpha value is -1.18. The molecule has 2 fully saturated rings. The highest BCUT2D eigenvalue weighted by atomic mass is 32.1. The second-order valence-electron chi connectivity index (χ2n) is 7.62. The van der Waals surface area contributed by atoms with Crippen LogP contribution in [0.25, 0.3) is 0 Å². The molecule has 1 atom stereocenters. The van der Waals surface area contributed by atoms with Gasteiger partial charge in [0.15, 0.2) is 5.13 Å². The van der Waals surface area contributed by atoms with E-state index in [0.717, 1.165) is 82.1 Å². The van der Waals surface area contributed by atoms with E-state index in [4.69, 9.17) is 14.5 Å². The zero-order valence-electron chi connectivity index (χ0n) is 15.5. The molecular weight excluding hydrogens is 350 g/mol. The van der Waals surface area contributed by atoms with E-state index in [9.17, 15) is 4.79 Å². The maximum Gasteiger partial charge on any atom is 0.223 e. The van der Waals surface area contributed by atoms with Crippen LogP contribution < -0.4 is 10.2 Å². The Bertz CT molecular complexity index is 622. The summed E-state index contributed by atoms with van der Waals surface area (Å²) < 4.78 is 10.9. The van der Waals surface area contributed by atoms with E-state index in [0.29, 0.717) is 12.1 Å². The Morgan fingerprint density at radius 3 is 2.73 bits per heavy atom. The van der Waals surface area contributed by atoms with E-state index in [1.165, 1.54) is 4.88 Å². The molecule has 4 rings (SSSR count). The standard InChI is InChI=1S/C19H29N3O3S/c1-24-15-5-3-14(4-6-15)20-18(23)13-2-7-17-16(12-13)21-19(26-17)22-8-10-25-11-9-22/h13-15H,2-12H2,1H3,(H,20,23). The fourth-order valence-corrected chi connectivity index (χ4v) is 5.40. The van der Waals surface area contributed by atoms with E-state index in [-0.39, 0.29) is 11.8 Å². The van der Waals surface area contributed by atoms with Crippen LogP contribution in [0.3, 0.4) is 0 Å². The summed E-state index contributed by atoms with van der Waals surface area (Å²) in [6, 6.07) is 0.314. The molecule has 1 aromatic rings. The van der Waals surface area contributed by atoms with Crippen LogP contribution >= 0.6 is 11.3 Å². The molecule has 7 heteroatoms. The Kier molecular flexibility index (Phi) is 5.76. The van der Waals surface area contributed by atoms with E-state index in [2.05, 4.69) is 10.2 Å². The molecule has 3 aliphatic rings. The minimum absolute atomic E-state index is 0.0716. The third-order valence-electron chi connectivity index (χ3n) is 5.93. The molecule has 2 aliphatic carbocycles. The van der Waals surface area contributed by atoms with Gasteiger partial charge < -0.3 is 19.7 Å². The summed E-state index contributed by atoms with van der Waals surface area (Å²) in [7, 11) is 1.78. The zero-order chi connectivity index (χ0) is 17.9. The number of aromatic nitrogens is 1. The third-order valence-corrected chi connectivity index (χ3v) is 7.15. The number of hydrogen-bond donors (Lipinski definition) is 1. The molecule has 1 unspecified atom stereocenters. The van der Waals surface area contributed by atoms with Crippen LogP contribution in [0.15, 0.2) is 0 Å². The van der Waals surface area contributed by atoms with Crippen molar-refractivity contribution in [3.05, 3.63) is 10.6 Å². The second-order valence-corrected chi connectivity index (χ2v) is 8.69. The molecule has 0 radical (unpaired) electrons. The number of anilines is 1. The fourth-order valence-electron chi connectivity index (χ4n) is 4.24. The van der Waals surface area contributed by atoms with Gasteiger partial charge in [-0.15, -0.1) is 11.3 Å². The van der Waals surface area contributed by atoms with Gasteiger partial charge in [-0.25, -0.2) is 4.98 Å². The van der Waals surface area contributed by atoms with Gasteiger partial charge >= 0.3 is 0 Å². The number of carbonyl (C=O) groups excluding carboxylic acids is 1. The molecule has 1 saturated heterocycles.